The summed E-state index contributed by atoms with van der Waals surface area (Å²) < 4.78 is 10.4. The normalized spacial score (nSPS) is 24.4. The number of hydrogen-bond donors (Lipinski definition) is 1. The van der Waals surface area contributed by atoms with Gasteiger partial charge in [-0.3, -0.25) is 10.1 Å². The number of ether oxygens (including phenoxy) is 2. The maximum absolute atomic E-state index is 11.8. The van der Waals surface area contributed by atoms with Crippen molar-refractivity contribution in [3.8, 4) is 0 Å². The molecule has 94 valence electrons. The third kappa shape index (κ3) is 2.95. The topological polar surface area (TPSA) is 47.6 Å². The Bertz CT molecular complexity index is 236. The quantitative estimate of drug-likeness (QED) is 0.723. The Morgan fingerprint density at radius 1 is 1.62 bits per heavy atom. The van der Waals surface area contributed by atoms with Crippen LogP contribution in [0, 0.1) is 5.92 Å². The highest BCUT2D eigenvalue weighted by molar-refractivity contribution is 5.80. The number of carbonyl (C=O) groups is 1. The average molecular weight is 229 g/mol. The second-order valence-electron chi connectivity index (χ2n) is 4.86. The number of rotatable bonds is 5. The van der Waals surface area contributed by atoms with Gasteiger partial charge < -0.3 is 9.47 Å². The van der Waals surface area contributed by atoms with Gasteiger partial charge in [-0.25, -0.2) is 0 Å². The van der Waals surface area contributed by atoms with Crippen LogP contribution in [0.3, 0.4) is 0 Å². The first kappa shape index (κ1) is 13.5. The summed E-state index contributed by atoms with van der Waals surface area (Å²) in [6.45, 7) is 7.46. The predicted octanol–water partition coefficient (Wildman–Crippen LogP) is 1.34. The minimum absolute atomic E-state index is 0.182. The molecule has 16 heavy (non-hydrogen) atoms. The highest BCUT2D eigenvalue weighted by Gasteiger charge is 2.38. The Morgan fingerprint density at radius 3 is 2.75 bits per heavy atom. The van der Waals surface area contributed by atoms with E-state index in [1.807, 2.05) is 20.8 Å². The van der Waals surface area contributed by atoms with Crippen molar-refractivity contribution in [2.24, 2.45) is 5.92 Å². The number of esters is 1. The highest BCUT2D eigenvalue weighted by Crippen LogP contribution is 2.19. The minimum Gasteiger partial charge on any atom is -0.468 e. The summed E-state index contributed by atoms with van der Waals surface area (Å²) in [5.74, 6) is -0.0261. The molecule has 0 aliphatic carbocycles. The third-order valence-electron chi connectivity index (χ3n) is 3.49. The maximum Gasteiger partial charge on any atom is 0.326 e. The molecular formula is C12H23NO3. The fraction of sp³-hybridized carbons (Fsp3) is 0.917. The largest absolute Gasteiger partial charge is 0.468 e. The molecule has 1 heterocycles. The Balaban J connectivity index is 2.53. The van der Waals surface area contributed by atoms with Crippen LogP contribution in [0.25, 0.3) is 0 Å². The number of hydrogen-bond acceptors (Lipinski definition) is 4. The predicted molar refractivity (Wildman–Crippen MR) is 62.2 cm³/mol. The fourth-order valence-corrected chi connectivity index (χ4v) is 1.86. The van der Waals surface area contributed by atoms with Gasteiger partial charge in [0.25, 0.3) is 0 Å². The molecule has 1 saturated heterocycles. The molecule has 1 fully saturated rings. The van der Waals surface area contributed by atoms with Crippen LogP contribution in [0.2, 0.25) is 0 Å². The van der Waals surface area contributed by atoms with Crippen LogP contribution >= 0.6 is 0 Å². The van der Waals surface area contributed by atoms with E-state index in [-0.39, 0.29) is 18.0 Å². The summed E-state index contributed by atoms with van der Waals surface area (Å²) in [6, 6.07) is 0. The van der Waals surface area contributed by atoms with Crippen LogP contribution in [-0.2, 0) is 14.3 Å². The van der Waals surface area contributed by atoms with Gasteiger partial charge in [0.15, 0.2) is 0 Å². The molecule has 0 bridgehead atoms. The summed E-state index contributed by atoms with van der Waals surface area (Å²) in [5, 5.41) is 3.29. The van der Waals surface area contributed by atoms with E-state index in [4.69, 9.17) is 9.47 Å². The highest BCUT2D eigenvalue weighted by atomic mass is 16.5. The molecule has 2 atom stereocenters. The summed E-state index contributed by atoms with van der Waals surface area (Å²) in [5.41, 5.74) is -0.624. The molecule has 0 amide bonds. The molecule has 0 spiro atoms. The van der Waals surface area contributed by atoms with Gasteiger partial charge in [-0.05, 0) is 25.7 Å². The van der Waals surface area contributed by atoms with Crippen LogP contribution in [0.4, 0.5) is 0 Å². The standard InChI is InChI=1S/C12H23NO3/c1-9(2)12(3,11(14)15-4)13-8-10-6-5-7-16-10/h9-10,13H,5-8H2,1-4H3. The molecule has 1 aliphatic heterocycles. The van der Waals surface area contributed by atoms with E-state index in [0.717, 1.165) is 19.4 Å². The molecule has 0 aromatic heterocycles. The van der Waals surface area contributed by atoms with Crippen LogP contribution in [-0.4, -0.2) is 37.9 Å². The molecular weight excluding hydrogens is 206 g/mol. The Hall–Kier alpha value is -0.610. The molecule has 4 heteroatoms. The maximum atomic E-state index is 11.8. The summed E-state index contributed by atoms with van der Waals surface area (Å²) >= 11 is 0. The van der Waals surface area contributed by atoms with Crippen molar-refractivity contribution in [3.63, 3.8) is 0 Å². The van der Waals surface area contributed by atoms with Crippen LogP contribution in [0.15, 0.2) is 0 Å². The van der Waals surface area contributed by atoms with E-state index in [2.05, 4.69) is 5.32 Å². The lowest BCUT2D eigenvalue weighted by molar-refractivity contribution is -0.150. The molecule has 1 N–H and O–H groups in total. The zero-order valence-corrected chi connectivity index (χ0v) is 10.7. The first-order valence-corrected chi connectivity index (χ1v) is 5.95. The van der Waals surface area contributed by atoms with Crippen molar-refractivity contribution in [2.45, 2.75) is 45.3 Å². The van der Waals surface area contributed by atoms with E-state index in [1.165, 1.54) is 7.11 Å². The lowest BCUT2D eigenvalue weighted by Gasteiger charge is -2.32. The average Bonchev–Trinajstić information content (AvgIpc) is 2.77. The van der Waals surface area contributed by atoms with Gasteiger partial charge in [0, 0.05) is 13.2 Å². The summed E-state index contributed by atoms with van der Waals surface area (Å²) in [4.78, 5) is 11.8. The molecule has 0 saturated carbocycles. The van der Waals surface area contributed by atoms with Crippen molar-refractivity contribution in [1.29, 1.82) is 0 Å². The zero-order valence-electron chi connectivity index (χ0n) is 10.7. The van der Waals surface area contributed by atoms with Gasteiger partial charge in [0.05, 0.1) is 13.2 Å². The minimum atomic E-state index is -0.624. The van der Waals surface area contributed by atoms with Gasteiger partial charge >= 0.3 is 5.97 Å². The van der Waals surface area contributed by atoms with Crippen LogP contribution in [0.1, 0.15) is 33.6 Å². The number of nitrogens with one attached hydrogen (secondary N) is 1. The van der Waals surface area contributed by atoms with E-state index in [0.29, 0.717) is 6.54 Å². The van der Waals surface area contributed by atoms with E-state index in [1.54, 1.807) is 0 Å². The van der Waals surface area contributed by atoms with Crippen molar-refractivity contribution in [2.75, 3.05) is 20.3 Å². The van der Waals surface area contributed by atoms with Crippen LogP contribution < -0.4 is 5.32 Å². The van der Waals surface area contributed by atoms with Gasteiger partial charge in [-0.15, -0.1) is 0 Å². The molecule has 0 aromatic carbocycles. The Kier molecular flexibility index (Phi) is 4.74. The SMILES string of the molecule is COC(=O)C(C)(NCC1CCCO1)C(C)C. The zero-order chi connectivity index (χ0) is 12.2. The monoisotopic (exact) mass is 229 g/mol. The van der Waals surface area contributed by atoms with Gasteiger partial charge in [-0.1, -0.05) is 13.8 Å². The smallest absolute Gasteiger partial charge is 0.326 e. The van der Waals surface area contributed by atoms with E-state index < -0.39 is 5.54 Å². The van der Waals surface area contributed by atoms with Gasteiger partial charge in [0.2, 0.25) is 0 Å². The van der Waals surface area contributed by atoms with E-state index >= 15 is 0 Å². The molecule has 2 unspecified atom stereocenters. The Morgan fingerprint density at radius 2 is 2.31 bits per heavy atom. The second kappa shape index (κ2) is 5.64. The van der Waals surface area contributed by atoms with Crippen LogP contribution in [0.5, 0.6) is 0 Å². The second-order valence-corrected chi connectivity index (χ2v) is 4.86. The third-order valence-corrected chi connectivity index (χ3v) is 3.49. The number of methoxy groups -OCH3 is 1. The fourth-order valence-electron chi connectivity index (χ4n) is 1.86. The molecule has 1 rings (SSSR count). The Labute approximate surface area is 97.7 Å². The van der Waals surface area contributed by atoms with Gasteiger partial charge in [-0.2, -0.15) is 0 Å². The summed E-state index contributed by atoms with van der Waals surface area (Å²) in [6.07, 6.45) is 2.42. The van der Waals surface area contributed by atoms with Crippen molar-refractivity contribution >= 4 is 5.97 Å². The summed E-state index contributed by atoms with van der Waals surface area (Å²) in [7, 11) is 1.43. The van der Waals surface area contributed by atoms with Crippen molar-refractivity contribution in [1.82, 2.24) is 5.32 Å². The first-order chi connectivity index (χ1) is 7.50. The first-order valence-electron chi connectivity index (χ1n) is 5.95. The molecule has 0 aromatic rings. The van der Waals surface area contributed by atoms with Crippen molar-refractivity contribution < 1.29 is 14.3 Å². The molecule has 4 nitrogen and oxygen atoms in total. The lowest BCUT2D eigenvalue weighted by Crippen LogP contribution is -2.56. The van der Waals surface area contributed by atoms with Gasteiger partial charge in [0.1, 0.15) is 5.54 Å². The number of carbonyl (C=O) groups excluding carboxylic acids is 1. The molecule has 0 radical (unpaired) electrons. The van der Waals surface area contributed by atoms with Crippen molar-refractivity contribution in [3.05, 3.63) is 0 Å². The lowest BCUT2D eigenvalue weighted by atomic mass is 9.88. The molecule has 1 aliphatic rings. The van der Waals surface area contributed by atoms with E-state index in [9.17, 15) is 4.79 Å².